The standard InChI is InChI=1S/C26H24F2N6O3/c1-13-10-33(12-22(37-13)15-9-29-34(11-15)17-4-5-17)26-31-23(18-6-3-16(27)7-21(18)28)20-8-19(25(35)36)14(2)30-24(20)32-26/h3,6-9,11,13,17,22H,4-5,10,12H2,1-2H3,(H,35,36)/t13-,22-/m1/s1. The second kappa shape index (κ2) is 8.84. The van der Waals surface area contributed by atoms with Gasteiger partial charge in [0.25, 0.3) is 0 Å². The van der Waals surface area contributed by atoms with Crippen LogP contribution >= 0.6 is 0 Å². The lowest BCUT2D eigenvalue weighted by atomic mass is 10.0. The van der Waals surface area contributed by atoms with Crippen molar-refractivity contribution in [2.45, 2.75) is 44.9 Å². The number of hydrogen-bond acceptors (Lipinski definition) is 7. The number of aromatic nitrogens is 5. The van der Waals surface area contributed by atoms with Gasteiger partial charge in [-0.2, -0.15) is 10.1 Å². The van der Waals surface area contributed by atoms with Gasteiger partial charge in [-0.15, -0.1) is 0 Å². The molecule has 1 aliphatic heterocycles. The summed E-state index contributed by atoms with van der Waals surface area (Å²) in [7, 11) is 0. The summed E-state index contributed by atoms with van der Waals surface area (Å²) in [6.45, 7) is 4.45. The maximum Gasteiger partial charge on any atom is 0.337 e. The van der Waals surface area contributed by atoms with Crippen LogP contribution in [-0.2, 0) is 4.74 Å². The van der Waals surface area contributed by atoms with Gasteiger partial charge in [0.15, 0.2) is 5.65 Å². The Hall–Kier alpha value is -3.99. The summed E-state index contributed by atoms with van der Waals surface area (Å²) in [6.07, 6.45) is 5.65. The third-order valence-corrected chi connectivity index (χ3v) is 6.74. The van der Waals surface area contributed by atoms with Crippen molar-refractivity contribution in [3.05, 3.63) is 65.1 Å². The van der Waals surface area contributed by atoms with Crippen molar-refractivity contribution in [1.82, 2.24) is 24.7 Å². The molecule has 190 valence electrons. The zero-order valence-corrected chi connectivity index (χ0v) is 20.2. The van der Waals surface area contributed by atoms with Crippen LogP contribution in [0.3, 0.4) is 0 Å². The summed E-state index contributed by atoms with van der Waals surface area (Å²) in [5.41, 5.74) is 1.58. The molecule has 6 rings (SSSR count). The third kappa shape index (κ3) is 4.39. The molecule has 1 N–H and O–H groups in total. The highest BCUT2D eigenvalue weighted by Crippen LogP contribution is 2.36. The number of nitrogens with zero attached hydrogens (tertiary/aromatic N) is 6. The molecule has 1 aliphatic carbocycles. The number of benzene rings is 1. The Bertz CT molecular complexity index is 1540. The summed E-state index contributed by atoms with van der Waals surface area (Å²) >= 11 is 0. The fourth-order valence-electron chi connectivity index (χ4n) is 4.73. The molecule has 37 heavy (non-hydrogen) atoms. The number of fused-ring (bicyclic) bond motifs is 1. The van der Waals surface area contributed by atoms with Gasteiger partial charge in [0, 0.05) is 35.3 Å². The van der Waals surface area contributed by atoms with Gasteiger partial charge in [-0.25, -0.2) is 23.5 Å². The number of carbonyl (C=O) groups is 1. The Morgan fingerprint density at radius 3 is 2.68 bits per heavy atom. The van der Waals surface area contributed by atoms with E-state index in [2.05, 4.69) is 20.1 Å². The van der Waals surface area contributed by atoms with Crippen LogP contribution in [0.15, 0.2) is 36.7 Å². The maximum absolute atomic E-state index is 14.9. The van der Waals surface area contributed by atoms with E-state index in [-0.39, 0.29) is 45.8 Å². The second-order valence-corrected chi connectivity index (χ2v) is 9.62. The number of morpholine rings is 1. The molecule has 2 fully saturated rings. The molecule has 4 heterocycles. The van der Waals surface area contributed by atoms with Gasteiger partial charge >= 0.3 is 5.97 Å². The van der Waals surface area contributed by atoms with Crippen molar-refractivity contribution in [2.75, 3.05) is 18.0 Å². The van der Waals surface area contributed by atoms with Crippen LogP contribution in [0.4, 0.5) is 14.7 Å². The van der Waals surface area contributed by atoms with Crippen LogP contribution in [-0.4, -0.2) is 55.0 Å². The first kappa shape index (κ1) is 23.4. The van der Waals surface area contributed by atoms with E-state index in [4.69, 9.17) is 4.74 Å². The van der Waals surface area contributed by atoms with Gasteiger partial charge in [-0.1, -0.05) is 0 Å². The van der Waals surface area contributed by atoms with E-state index in [0.717, 1.165) is 30.5 Å². The minimum Gasteiger partial charge on any atom is -0.478 e. The Morgan fingerprint density at radius 2 is 1.95 bits per heavy atom. The minimum atomic E-state index is -1.17. The highest BCUT2D eigenvalue weighted by molar-refractivity contribution is 5.98. The number of carboxylic acids is 1. The molecular formula is C26H24F2N6O3. The molecule has 1 saturated heterocycles. The molecular weight excluding hydrogens is 482 g/mol. The summed E-state index contributed by atoms with van der Waals surface area (Å²) < 4.78 is 36.8. The summed E-state index contributed by atoms with van der Waals surface area (Å²) in [5.74, 6) is -2.41. The Balaban J connectivity index is 1.45. The number of halogens is 2. The fourth-order valence-corrected chi connectivity index (χ4v) is 4.73. The highest BCUT2D eigenvalue weighted by Gasteiger charge is 2.32. The van der Waals surface area contributed by atoms with Gasteiger partial charge in [0.1, 0.15) is 17.7 Å². The monoisotopic (exact) mass is 506 g/mol. The number of pyridine rings is 1. The van der Waals surface area contributed by atoms with Crippen molar-refractivity contribution in [3.63, 3.8) is 0 Å². The predicted molar refractivity (Wildman–Crippen MR) is 130 cm³/mol. The van der Waals surface area contributed by atoms with Gasteiger partial charge in [-0.3, -0.25) is 4.68 Å². The third-order valence-electron chi connectivity index (χ3n) is 6.74. The van der Waals surface area contributed by atoms with Crippen LogP contribution in [0.25, 0.3) is 22.3 Å². The van der Waals surface area contributed by atoms with Crippen LogP contribution in [0.1, 0.15) is 53.5 Å². The normalized spacial score (nSPS) is 19.9. The number of hydrogen-bond donors (Lipinski definition) is 1. The first-order chi connectivity index (χ1) is 17.8. The number of ether oxygens (including phenoxy) is 1. The number of carboxylic acid groups (broad SMARTS) is 1. The maximum atomic E-state index is 14.9. The van der Waals surface area contributed by atoms with Crippen molar-refractivity contribution in [1.29, 1.82) is 0 Å². The zero-order valence-electron chi connectivity index (χ0n) is 20.2. The molecule has 1 aromatic carbocycles. The Morgan fingerprint density at radius 1 is 1.14 bits per heavy atom. The van der Waals surface area contributed by atoms with Crippen LogP contribution < -0.4 is 4.90 Å². The molecule has 0 spiro atoms. The van der Waals surface area contributed by atoms with E-state index in [1.54, 1.807) is 6.92 Å². The summed E-state index contributed by atoms with van der Waals surface area (Å²) in [4.78, 5) is 27.4. The molecule has 9 nitrogen and oxygen atoms in total. The first-order valence-corrected chi connectivity index (χ1v) is 12.1. The molecule has 0 amide bonds. The van der Waals surface area contributed by atoms with Crippen molar-refractivity contribution >= 4 is 23.0 Å². The molecule has 3 aromatic heterocycles. The SMILES string of the molecule is Cc1nc2nc(N3C[C@@H](C)O[C@@H](c4cnn(C5CC5)c4)C3)nc(-c3ccc(F)cc3F)c2cc1C(=O)O. The van der Waals surface area contributed by atoms with E-state index in [1.165, 1.54) is 12.1 Å². The molecule has 11 heteroatoms. The van der Waals surface area contributed by atoms with Crippen LogP contribution in [0.5, 0.6) is 0 Å². The number of anilines is 1. The van der Waals surface area contributed by atoms with Crippen LogP contribution in [0.2, 0.25) is 0 Å². The lowest BCUT2D eigenvalue weighted by Gasteiger charge is -2.36. The van der Waals surface area contributed by atoms with Gasteiger partial charge in [-0.05, 0) is 44.9 Å². The van der Waals surface area contributed by atoms with E-state index >= 15 is 0 Å². The smallest absolute Gasteiger partial charge is 0.337 e. The van der Waals surface area contributed by atoms with E-state index in [1.807, 2.05) is 28.9 Å². The quantitative estimate of drug-likeness (QED) is 0.423. The minimum absolute atomic E-state index is 0.0283. The average molecular weight is 507 g/mol. The molecule has 2 aliphatic rings. The lowest BCUT2D eigenvalue weighted by molar-refractivity contribution is -0.0178. The summed E-state index contributed by atoms with van der Waals surface area (Å²) in [6, 6.07) is 5.03. The molecule has 1 saturated carbocycles. The lowest BCUT2D eigenvalue weighted by Crippen LogP contribution is -2.43. The van der Waals surface area contributed by atoms with Crippen molar-refractivity contribution < 1.29 is 23.4 Å². The van der Waals surface area contributed by atoms with Crippen LogP contribution in [0, 0.1) is 18.6 Å². The Kier molecular flexibility index (Phi) is 5.59. The molecule has 0 bridgehead atoms. The largest absolute Gasteiger partial charge is 0.478 e. The molecule has 0 unspecified atom stereocenters. The second-order valence-electron chi connectivity index (χ2n) is 9.62. The van der Waals surface area contributed by atoms with Crippen molar-refractivity contribution in [2.24, 2.45) is 0 Å². The molecule has 4 aromatic rings. The number of aryl methyl sites for hydroxylation is 1. The van der Waals surface area contributed by atoms with Crippen molar-refractivity contribution in [3.8, 4) is 11.3 Å². The number of rotatable bonds is 5. The summed E-state index contributed by atoms with van der Waals surface area (Å²) in [5, 5.41) is 14.4. The van der Waals surface area contributed by atoms with E-state index in [0.29, 0.717) is 25.1 Å². The highest BCUT2D eigenvalue weighted by atomic mass is 19.1. The number of aromatic carboxylic acids is 1. The zero-order chi connectivity index (χ0) is 25.8. The first-order valence-electron chi connectivity index (χ1n) is 12.1. The van der Waals surface area contributed by atoms with Gasteiger partial charge in [0.05, 0.1) is 41.8 Å². The predicted octanol–water partition coefficient (Wildman–Crippen LogP) is 4.47. The Labute approximate surface area is 210 Å². The van der Waals surface area contributed by atoms with E-state index < -0.39 is 17.6 Å². The topological polar surface area (TPSA) is 106 Å². The van der Waals surface area contributed by atoms with Gasteiger partial charge in [0.2, 0.25) is 5.95 Å². The average Bonchev–Trinajstić information content (AvgIpc) is 3.58. The molecule has 2 atom stereocenters. The van der Waals surface area contributed by atoms with E-state index in [9.17, 15) is 18.7 Å². The van der Waals surface area contributed by atoms with Gasteiger partial charge < -0.3 is 14.7 Å². The molecule has 0 radical (unpaired) electrons. The fraction of sp³-hybridized carbons (Fsp3) is 0.346.